The van der Waals surface area contributed by atoms with Gasteiger partial charge in [0.1, 0.15) is 5.75 Å². The van der Waals surface area contributed by atoms with E-state index in [0.717, 1.165) is 5.56 Å². The smallest absolute Gasteiger partial charge is 0.310 e. The minimum Gasteiger partial charge on any atom is -0.507 e. The summed E-state index contributed by atoms with van der Waals surface area (Å²) in [4.78, 5) is 11.1. The normalized spacial score (nSPS) is 9.86. The quantitative estimate of drug-likeness (QED) is 0.746. The van der Waals surface area contributed by atoms with E-state index in [1.165, 1.54) is 0 Å². The van der Waals surface area contributed by atoms with Crippen LogP contribution in [0.5, 0.6) is 5.75 Å². The highest BCUT2D eigenvalue weighted by atomic mass is 16.5. The fraction of sp³-hybridized carbons (Fsp3) is 0.364. The Morgan fingerprint density at radius 1 is 1.50 bits per heavy atom. The van der Waals surface area contributed by atoms with E-state index in [0.29, 0.717) is 12.2 Å². The van der Waals surface area contributed by atoms with Crippen molar-refractivity contribution in [3.63, 3.8) is 0 Å². The van der Waals surface area contributed by atoms with Gasteiger partial charge in [-0.05, 0) is 19.4 Å². The highest BCUT2D eigenvalue weighted by molar-refractivity contribution is 5.73. The number of benzene rings is 1. The molecule has 0 heterocycles. The molecule has 0 spiro atoms. The van der Waals surface area contributed by atoms with Crippen molar-refractivity contribution < 1.29 is 14.6 Å². The van der Waals surface area contributed by atoms with Crippen LogP contribution in [0.25, 0.3) is 0 Å². The number of esters is 1. The summed E-state index contributed by atoms with van der Waals surface area (Å²) < 4.78 is 4.79. The number of hydrogen-bond acceptors (Lipinski definition) is 3. The Hall–Kier alpha value is -1.51. The van der Waals surface area contributed by atoms with Gasteiger partial charge in [0, 0.05) is 5.56 Å². The van der Waals surface area contributed by atoms with Crippen molar-refractivity contribution in [3.8, 4) is 5.75 Å². The van der Waals surface area contributed by atoms with Gasteiger partial charge in [-0.3, -0.25) is 4.79 Å². The molecule has 3 heteroatoms. The first-order chi connectivity index (χ1) is 6.65. The number of hydrogen-bond donors (Lipinski definition) is 1. The molecule has 1 rings (SSSR count). The number of phenols is 1. The molecule has 14 heavy (non-hydrogen) atoms. The summed E-state index contributed by atoms with van der Waals surface area (Å²) in [6, 6.07) is 5.33. The Balaban J connectivity index is 2.76. The molecule has 1 N–H and O–H groups in total. The third kappa shape index (κ3) is 2.49. The Bertz CT molecular complexity index is 331. The maximum absolute atomic E-state index is 11.1. The highest BCUT2D eigenvalue weighted by Crippen LogP contribution is 2.21. The van der Waals surface area contributed by atoms with Gasteiger partial charge in [-0.1, -0.05) is 18.2 Å². The van der Waals surface area contributed by atoms with E-state index >= 15 is 0 Å². The number of ether oxygens (including phenoxy) is 1. The number of phenolic OH excluding ortho intramolecular Hbond substituents is 1. The SMILES string of the molecule is CCOC(=O)Cc1cccc(C)c1O. The van der Waals surface area contributed by atoms with Gasteiger partial charge >= 0.3 is 5.97 Å². The Morgan fingerprint density at radius 2 is 2.21 bits per heavy atom. The Labute approximate surface area is 83.3 Å². The minimum atomic E-state index is -0.312. The van der Waals surface area contributed by atoms with Crippen molar-refractivity contribution in [1.82, 2.24) is 0 Å². The zero-order valence-corrected chi connectivity index (χ0v) is 8.41. The largest absolute Gasteiger partial charge is 0.507 e. The topological polar surface area (TPSA) is 46.5 Å². The van der Waals surface area contributed by atoms with Crippen molar-refractivity contribution >= 4 is 5.97 Å². The maximum Gasteiger partial charge on any atom is 0.310 e. The first-order valence-electron chi connectivity index (χ1n) is 4.58. The zero-order chi connectivity index (χ0) is 10.6. The number of carbonyl (C=O) groups is 1. The maximum atomic E-state index is 11.1. The number of para-hydroxylation sites is 1. The lowest BCUT2D eigenvalue weighted by atomic mass is 10.1. The van der Waals surface area contributed by atoms with Crippen LogP contribution >= 0.6 is 0 Å². The first kappa shape index (κ1) is 10.6. The van der Waals surface area contributed by atoms with Crippen LogP contribution in [0, 0.1) is 6.92 Å². The monoisotopic (exact) mass is 194 g/mol. The number of aromatic hydroxyl groups is 1. The average molecular weight is 194 g/mol. The molecule has 0 aromatic heterocycles. The molecule has 0 aliphatic heterocycles. The van der Waals surface area contributed by atoms with Crippen molar-refractivity contribution in [1.29, 1.82) is 0 Å². The molecule has 0 saturated carbocycles. The van der Waals surface area contributed by atoms with E-state index in [-0.39, 0.29) is 18.1 Å². The van der Waals surface area contributed by atoms with E-state index in [1.807, 2.05) is 6.07 Å². The molecule has 0 bridgehead atoms. The van der Waals surface area contributed by atoms with Gasteiger partial charge in [-0.15, -0.1) is 0 Å². The standard InChI is InChI=1S/C11H14O3/c1-3-14-10(12)7-9-6-4-5-8(2)11(9)13/h4-6,13H,3,7H2,1-2H3. The van der Waals surface area contributed by atoms with Gasteiger partial charge in [-0.25, -0.2) is 0 Å². The second-order valence-corrected chi connectivity index (χ2v) is 3.06. The molecule has 0 atom stereocenters. The van der Waals surface area contributed by atoms with E-state index in [2.05, 4.69) is 0 Å². The fourth-order valence-electron chi connectivity index (χ4n) is 1.23. The summed E-state index contributed by atoms with van der Waals surface area (Å²) in [6.07, 6.45) is 0.126. The molecule has 1 aromatic rings. The van der Waals surface area contributed by atoms with Crippen LogP contribution in [0.1, 0.15) is 18.1 Å². The summed E-state index contributed by atoms with van der Waals surface area (Å²) in [6.45, 7) is 3.92. The second-order valence-electron chi connectivity index (χ2n) is 3.06. The third-order valence-corrected chi connectivity index (χ3v) is 1.96. The van der Waals surface area contributed by atoms with Crippen LogP contribution in [0.2, 0.25) is 0 Å². The van der Waals surface area contributed by atoms with Crippen LogP contribution in [-0.4, -0.2) is 17.7 Å². The molecule has 0 unspecified atom stereocenters. The summed E-state index contributed by atoms with van der Waals surface area (Å²) >= 11 is 0. The van der Waals surface area contributed by atoms with Gasteiger partial charge in [0.05, 0.1) is 13.0 Å². The molecular formula is C11H14O3. The Kier molecular flexibility index (Phi) is 3.51. The minimum absolute atomic E-state index is 0.126. The second kappa shape index (κ2) is 4.65. The van der Waals surface area contributed by atoms with E-state index < -0.39 is 0 Å². The van der Waals surface area contributed by atoms with Crippen LogP contribution < -0.4 is 0 Å². The summed E-state index contributed by atoms with van der Waals surface area (Å²) in [5.74, 6) is -0.131. The number of carbonyl (C=O) groups excluding carboxylic acids is 1. The molecular weight excluding hydrogens is 180 g/mol. The molecule has 1 aromatic carbocycles. The molecule has 0 aliphatic carbocycles. The molecule has 3 nitrogen and oxygen atoms in total. The van der Waals surface area contributed by atoms with Crippen LogP contribution in [0.3, 0.4) is 0 Å². The molecule has 0 aliphatic rings. The molecule has 0 radical (unpaired) electrons. The van der Waals surface area contributed by atoms with Gasteiger partial charge < -0.3 is 9.84 Å². The number of rotatable bonds is 3. The van der Waals surface area contributed by atoms with Crippen molar-refractivity contribution in [2.75, 3.05) is 6.61 Å². The van der Waals surface area contributed by atoms with Crippen LogP contribution in [0.15, 0.2) is 18.2 Å². The number of aryl methyl sites for hydroxylation is 1. The van der Waals surface area contributed by atoms with Crippen LogP contribution in [0.4, 0.5) is 0 Å². The lowest BCUT2D eigenvalue weighted by molar-refractivity contribution is -0.142. The van der Waals surface area contributed by atoms with E-state index in [9.17, 15) is 9.90 Å². The van der Waals surface area contributed by atoms with Crippen molar-refractivity contribution in [3.05, 3.63) is 29.3 Å². The van der Waals surface area contributed by atoms with Crippen molar-refractivity contribution in [2.24, 2.45) is 0 Å². The summed E-state index contributed by atoms with van der Waals surface area (Å²) in [7, 11) is 0. The van der Waals surface area contributed by atoms with Gasteiger partial charge in [0.2, 0.25) is 0 Å². The van der Waals surface area contributed by atoms with Gasteiger partial charge in [-0.2, -0.15) is 0 Å². The average Bonchev–Trinajstić information content (AvgIpc) is 2.13. The van der Waals surface area contributed by atoms with Crippen molar-refractivity contribution in [2.45, 2.75) is 20.3 Å². The lowest BCUT2D eigenvalue weighted by Gasteiger charge is -2.06. The highest BCUT2D eigenvalue weighted by Gasteiger charge is 2.09. The third-order valence-electron chi connectivity index (χ3n) is 1.96. The van der Waals surface area contributed by atoms with E-state index in [4.69, 9.17) is 4.74 Å². The van der Waals surface area contributed by atoms with Gasteiger partial charge in [0.25, 0.3) is 0 Å². The molecule has 0 fully saturated rings. The molecule has 0 amide bonds. The van der Waals surface area contributed by atoms with Crippen LogP contribution in [-0.2, 0) is 16.0 Å². The lowest BCUT2D eigenvalue weighted by Crippen LogP contribution is -2.07. The molecule has 0 saturated heterocycles. The fourth-order valence-corrected chi connectivity index (χ4v) is 1.23. The Morgan fingerprint density at radius 3 is 2.86 bits per heavy atom. The zero-order valence-electron chi connectivity index (χ0n) is 8.41. The first-order valence-corrected chi connectivity index (χ1v) is 4.58. The predicted molar refractivity (Wildman–Crippen MR) is 53.2 cm³/mol. The predicted octanol–water partition coefficient (Wildman–Crippen LogP) is 1.81. The summed E-state index contributed by atoms with van der Waals surface area (Å²) in [5, 5.41) is 9.61. The van der Waals surface area contributed by atoms with E-state index in [1.54, 1.807) is 26.0 Å². The summed E-state index contributed by atoms with van der Waals surface area (Å²) in [5.41, 5.74) is 1.38. The molecule has 76 valence electrons. The van der Waals surface area contributed by atoms with Gasteiger partial charge in [0.15, 0.2) is 0 Å².